The van der Waals surface area contributed by atoms with Crippen molar-refractivity contribution in [2.45, 2.75) is 26.8 Å². The van der Waals surface area contributed by atoms with Crippen LogP contribution in [0.1, 0.15) is 32.4 Å². The highest BCUT2D eigenvalue weighted by Crippen LogP contribution is 2.40. The van der Waals surface area contributed by atoms with Gasteiger partial charge in [0.05, 0.1) is 7.11 Å². The molecule has 1 aromatic carbocycles. The van der Waals surface area contributed by atoms with Gasteiger partial charge >= 0.3 is 0 Å². The lowest BCUT2D eigenvalue weighted by Gasteiger charge is -2.42. The molecule has 1 aromatic rings. The van der Waals surface area contributed by atoms with Gasteiger partial charge in [-0.2, -0.15) is 0 Å². The first-order chi connectivity index (χ1) is 9.45. The number of piperazine rings is 1. The Balaban J connectivity index is 0.00000220. The van der Waals surface area contributed by atoms with E-state index in [9.17, 15) is 4.39 Å². The number of hydrogen-bond donors (Lipinski definition) is 1. The van der Waals surface area contributed by atoms with E-state index < -0.39 is 0 Å². The molecule has 1 fully saturated rings. The van der Waals surface area contributed by atoms with Gasteiger partial charge in [-0.15, -0.1) is 24.8 Å². The minimum atomic E-state index is -0.228. The predicted octanol–water partition coefficient (Wildman–Crippen LogP) is 3.67. The molecular weight excluding hydrogens is 326 g/mol. The van der Waals surface area contributed by atoms with E-state index in [1.165, 1.54) is 7.11 Å². The third-order valence-electron chi connectivity index (χ3n) is 3.84. The first-order valence-corrected chi connectivity index (χ1v) is 7.22. The third kappa shape index (κ3) is 4.72. The van der Waals surface area contributed by atoms with Crippen molar-refractivity contribution in [3.8, 4) is 5.75 Å². The lowest BCUT2D eigenvalue weighted by atomic mass is 9.80. The summed E-state index contributed by atoms with van der Waals surface area (Å²) in [6.45, 7) is 10.3. The number of halogens is 3. The van der Waals surface area contributed by atoms with Crippen LogP contribution in [-0.4, -0.2) is 38.2 Å². The quantitative estimate of drug-likeness (QED) is 0.897. The van der Waals surface area contributed by atoms with Crippen molar-refractivity contribution in [2.75, 3.05) is 33.3 Å². The van der Waals surface area contributed by atoms with Gasteiger partial charge in [-0.1, -0.05) is 32.9 Å². The van der Waals surface area contributed by atoms with Gasteiger partial charge in [0.25, 0.3) is 0 Å². The monoisotopic (exact) mass is 352 g/mol. The molecule has 1 saturated heterocycles. The van der Waals surface area contributed by atoms with Crippen molar-refractivity contribution in [3.63, 3.8) is 0 Å². The van der Waals surface area contributed by atoms with Crippen molar-refractivity contribution in [3.05, 3.63) is 29.6 Å². The van der Waals surface area contributed by atoms with Crippen LogP contribution in [0.4, 0.5) is 4.39 Å². The predicted molar refractivity (Wildman–Crippen MR) is 94.1 cm³/mol. The number of ether oxygens (including phenoxy) is 1. The van der Waals surface area contributed by atoms with Gasteiger partial charge in [0, 0.05) is 37.8 Å². The SMILES string of the molecule is COc1cccc([C@@H](N2CCNCC2)C(C)(C)C)c1F.Cl.Cl. The molecule has 3 nitrogen and oxygen atoms in total. The van der Waals surface area contributed by atoms with E-state index in [1.54, 1.807) is 6.07 Å². The summed E-state index contributed by atoms with van der Waals surface area (Å²) in [6, 6.07) is 5.49. The summed E-state index contributed by atoms with van der Waals surface area (Å²) in [6.07, 6.45) is 0. The highest BCUT2D eigenvalue weighted by Gasteiger charge is 2.34. The van der Waals surface area contributed by atoms with E-state index in [-0.39, 0.29) is 42.1 Å². The Morgan fingerprint density at radius 2 is 1.77 bits per heavy atom. The summed E-state index contributed by atoms with van der Waals surface area (Å²) >= 11 is 0. The summed E-state index contributed by atoms with van der Waals surface area (Å²) in [5, 5.41) is 3.35. The first kappa shape index (κ1) is 21.4. The fraction of sp³-hybridized carbons (Fsp3) is 0.625. The van der Waals surface area contributed by atoms with Gasteiger partial charge in [-0.05, 0) is 11.5 Å². The van der Waals surface area contributed by atoms with E-state index in [2.05, 4.69) is 31.0 Å². The van der Waals surface area contributed by atoms with Crippen molar-refractivity contribution in [1.29, 1.82) is 0 Å². The van der Waals surface area contributed by atoms with Gasteiger partial charge in [0.2, 0.25) is 0 Å². The molecule has 22 heavy (non-hydrogen) atoms. The highest BCUT2D eigenvalue weighted by molar-refractivity contribution is 5.85. The molecule has 1 atom stereocenters. The Bertz CT molecular complexity index is 460. The van der Waals surface area contributed by atoms with E-state index >= 15 is 0 Å². The molecule has 0 unspecified atom stereocenters. The molecule has 1 heterocycles. The van der Waals surface area contributed by atoms with E-state index in [0.717, 1.165) is 31.7 Å². The van der Waals surface area contributed by atoms with Crippen molar-refractivity contribution < 1.29 is 9.13 Å². The normalized spacial score (nSPS) is 17.1. The van der Waals surface area contributed by atoms with Crippen LogP contribution < -0.4 is 10.1 Å². The van der Waals surface area contributed by atoms with Crippen LogP contribution in [0, 0.1) is 11.2 Å². The second-order valence-electron chi connectivity index (χ2n) is 6.42. The number of benzene rings is 1. The molecular formula is C16H27Cl2FN2O. The zero-order chi connectivity index (χ0) is 14.8. The smallest absolute Gasteiger partial charge is 0.169 e. The molecule has 6 heteroatoms. The van der Waals surface area contributed by atoms with Gasteiger partial charge in [0.15, 0.2) is 11.6 Å². The second-order valence-corrected chi connectivity index (χ2v) is 6.42. The van der Waals surface area contributed by atoms with Gasteiger partial charge in [0.1, 0.15) is 0 Å². The van der Waals surface area contributed by atoms with E-state index in [1.807, 2.05) is 12.1 Å². The molecule has 0 amide bonds. The molecule has 0 aliphatic carbocycles. The maximum Gasteiger partial charge on any atom is 0.169 e. The maximum atomic E-state index is 14.6. The van der Waals surface area contributed by atoms with Gasteiger partial charge in [-0.3, -0.25) is 4.90 Å². The summed E-state index contributed by atoms with van der Waals surface area (Å²) in [7, 11) is 1.51. The summed E-state index contributed by atoms with van der Waals surface area (Å²) in [4.78, 5) is 2.37. The number of hydrogen-bond acceptors (Lipinski definition) is 3. The number of nitrogens with zero attached hydrogens (tertiary/aromatic N) is 1. The van der Waals surface area contributed by atoms with E-state index in [0.29, 0.717) is 5.75 Å². The minimum Gasteiger partial charge on any atom is -0.494 e. The number of nitrogens with one attached hydrogen (secondary N) is 1. The summed E-state index contributed by atoms with van der Waals surface area (Å²) in [5.74, 6) is 0.0975. The largest absolute Gasteiger partial charge is 0.494 e. The van der Waals surface area contributed by atoms with Crippen molar-refractivity contribution >= 4 is 24.8 Å². The van der Waals surface area contributed by atoms with Crippen LogP contribution >= 0.6 is 24.8 Å². The first-order valence-electron chi connectivity index (χ1n) is 7.22. The molecule has 0 saturated carbocycles. The Hall–Kier alpha value is -0.550. The topological polar surface area (TPSA) is 24.5 Å². The van der Waals surface area contributed by atoms with Crippen LogP contribution in [0.25, 0.3) is 0 Å². The fourth-order valence-electron chi connectivity index (χ4n) is 3.05. The molecule has 0 radical (unpaired) electrons. The summed E-state index contributed by atoms with van der Waals surface area (Å²) in [5.41, 5.74) is 0.698. The third-order valence-corrected chi connectivity index (χ3v) is 3.84. The molecule has 128 valence electrons. The van der Waals surface area contributed by atoms with Gasteiger partial charge in [-0.25, -0.2) is 4.39 Å². The van der Waals surface area contributed by atoms with Crippen LogP contribution in [0.2, 0.25) is 0 Å². The maximum absolute atomic E-state index is 14.6. The Labute approximate surface area is 145 Å². The molecule has 0 bridgehead atoms. The zero-order valence-corrected chi connectivity index (χ0v) is 15.3. The van der Waals surface area contributed by atoms with E-state index in [4.69, 9.17) is 4.74 Å². The van der Waals surface area contributed by atoms with Gasteiger partial charge < -0.3 is 10.1 Å². The van der Waals surface area contributed by atoms with Crippen LogP contribution in [-0.2, 0) is 0 Å². The molecule has 2 rings (SSSR count). The standard InChI is InChI=1S/C16H25FN2O.2ClH/c1-16(2,3)15(19-10-8-18-9-11-19)12-6-5-7-13(20-4)14(12)17;;/h5-7,15,18H,8-11H2,1-4H3;2*1H/t15-;;/m1../s1. The molecule has 1 aliphatic heterocycles. The average Bonchev–Trinajstić information content (AvgIpc) is 2.41. The van der Waals surface area contributed by atoms with Crippen molar-refractivity contribution in [2.24, 2.45) is 5.41 Å². The molecule has 0 aromatic heterocycles. The van der Waals surface area contributed by atoms with Crippen molar-refractivity contribution in [1.82, 2.24) is 10.2 Å². The van der Waals surface area contributed by atoms with Crippen LogP contribution in [0.5, 0.6) is 5.75 Å². The fourth-order valence-corrected chi connectivity index (χ4v) is 3.05. The number of rotatable bonds is 3. The highest BCUT2D eigenvalue weighted by atomic mass is 35.5. The summed E-state index contributed by atoms with van der Waals surface area (Å²) < 4.78 is 19.8. The Kier molecular flexibility index (Phi) is 8.70. The van der Waals surface area contributed by atoms with Crippen LogP contribution in [0.15, 0.2) is 18.2 Å². The van der Waals surface area contributed by atoms with Crippen LogP contribution in [0.3, 0.4) is 0 Å². The lowest BCUT2D eigenvalue weighted by molar-refractivity contribution is 0.0830. The molecule has 1 N–H and O–H groups in total. The molecule has 0 spiro atoms. The molecule has 1 aliphatic rings. The zero-order valence-electron chi connectivity index (χ0n) is 13.7. The average molecular weight is 353 g/mol. The Morgan fingerprint density at radius 3 is 2.27 bits per heavy atom. The Morgan fingerprint density at radius 1 is 1.18 bits per heavy atom. The minimum absolute atomic E-state index is 0. The number of methoxy groups -OCH3 is 1. The lowest BCUT2D eigenvalue weighted by Crippen LogP contribution is -2.48. The second kappa shape index (κ2) is 8.92.